The maximum absolute atomic E-state index is 12.9. The predicted molar refractivity (Wildman–Crippen MR) is 248 cm³/mol. The van der Waals surface area contributed by atoms with Crippen molar-refractivity contribution in [1.82, 2.24) is 50.1 Å². The minimum absolute atomic E-state index is 0.0707. The fraction of sp³-hybridized carbons (Fsp3) is 0.244. The van der Waals surface area contributed by atoms with Crippen LogP contribution in [0.15, 0.2) is 95.4 Å². The number of rotatable bonds is 13. The molecule has 0 aliphatic heterocycles. The standard InChI is InChI=1S/C19H17N5O3.C13H11N3O2.C7H10N2O4S.C6H8N2O2/c1-12-7-15(20-3)9-16(8-12)27-17-13(2)21-11-24(19(17)25)10-14-5-6-22-23-18(14)26-4;1-8-4-10(14-3)6-11(5-8)18-12-9(2)15-7-16-13(12)17;1-12-7-6(3-4-8-9-7)5-13-14(2,10)11;1-10-6-5(4-9)2-3-7-8-6/h5-9,11H,10H2,1-2,4H3;4-7H,1-2H3,(H,15,16,17);3-4H,5H2,1-2H3;2-3,9H,4H2,1H3. The van der Waals surface area contributed by atoms with Crippen molar-refractivity contribution < 1.29 is 41.4 Å². The molecule has 0 radical (unpaired) electrons. The largest absolute Gasteiger partial charge is 0.480 e. The number of hydrogen-bond donors (Lipinski definition) is 2. The second-order valence-electron chi connectivity index (χ2n) is 14.0. The number of aliphatic hydroxyl groups is 1. The van der Waals surface area contributed by atoms with Crippen LogP contribution in [-0.4, -0.2) is 91.2 Å². The molecule has 5 aromatic heterocycles. The van der Waals surface area contributed by atoms with Gasteiger partial charge in [-0.1, -0.05) is 23.3 Å². The van der Waals surface area contributed by atoms with Crippen LogP contribution < -0.4 is 34.8 Å². The van der Waals surface area contributed by atoms with Crippen molar-refractivity contribution in [2.45, 2.75) is 47.5 Å². The number of ether oxygens (including phenoxy) is 5. The summed E-state index contributed by atoms with van der Waals surface area (Å²) in [6.07, 6.45) is 8.22. The normalized spacial score (nSPS) is 10.2. The van der Waals surface area contributed by atoms with Crippen LogP contribution in [0, 0.1) is 40.8 Å². The first-order valence-corrected chi connectivity index (χ1v) is 21.8. The van der Waals surface area contributed by atoms with E-state index in [1.165, 1.54) is 57.1 Å². The Kier molecular flexibility index (Phi) is 19.8. The van der Waals surface area contributed by atoms with Crippen LogP contribution in [0.25, 0.3) is 9.69 Å². The molecule has 7 aromatic rings. The van der Waals surface area contributed by atoms with E-state index in [1.54, 1.807) is 68.4 Å². The molecular formula is C45H46N12O11S. The Bertz CT molecular complexity index is 3150. The average molecular weight is 963 g/mol. The van der Waals surface area contributed by atoms with E-state index in [0.29, 0.717) is 62.7 Å². The summed E-state index contributed by atoms with van der Waals surface area (Å²) in [5, 5.41) is 30.8. The van der Waals surface area contributed by atoms with Crippen LogP contribution in [0.1, 0.15) is 39.2 Å². The molecule has 0 bridgehead atoms. The van der Waals surface area contributed by atoms with E-state index in [2.05, 4.69) is 59.4 Å². The molecule has 0 atom stereocenters. The van der Waals surface area contributed by atoms with Gasteiger partial charge >= 0.3 is 0 Å². The van der Waals surface area contributed by atoms with Gasteiger partial charge in [0.05, 0.1) is 103 Å². The van der Waals surface area contributed by atoms with Gasteiger partial charge in [-0.25, -0.2) is 19.7 Å². The lowest BCUT2D eigenvalue weighted by atomic mass is 10.2. The third-order valence-corrected chi connectivity index (χ3v) is 9.29. The molecule has 0 saturated carbocycles. The van der Waals surface area contributed by atoms with E-state index in [0.717, 1.165) is 17.4 Å². The topological polar surface area (TPSA) is 276 Å². The Morgan fingerprint density at radius 3 is 1.64 bits per heavy atom. The first-order chi connectivity index (χ1) is 33.0. The molecule has 0 amide bonds. The van der Waals surface area contributed by atoms with Gasteiger partial charge in [0.25, 0.3) is 21.2 Å². The maximum Gasteiger partial charge on any atom is 0.296 e. The number of nitrogens with zero attached hydrogens (tertiary/aromatic N) is 11. The van der Waals surface area contributed by atoms with Gasteiger partial charge < -0.3 is 33.8 Å². The lowest BCUT2D eigenvalue weighted by Gasteiger charge is -2.12. The molecule has 2 aromatic carbocycles. The quantitative estimate of drug-likeness (QED) is 0.103. The summed E-state index contributed by atoms with van der Waals surface area (Å²) in [5.41, 5.74) is 4.85. The molecule has 0 aliphatic rings. The Labute approximate surface area is 396 Å². The van der Waals surface area contributed by atoms with Gasteiger partial charge in [-0.15, -0.1) is 15.3 Å². The molecule has 358 valence electrons. The van der Waals surface area contributed by atoms with Crippen LogP contribution in [0.3, 0.4) is 0 Å². The molecule has 24 heteroatoms. The van der Waals surface area contributed by atoms with Gasteiger partial charge in [-0.05, 0) is 70.2 Å². The average Bonchev–Trinajstić information content (AvgIpc) is 3.34. The summed E-state index contributed by atoms with van der Waals surface area (Å²) in [6, 6.07) is 15.2. The first kappa shape index (κ1) is 52.9. The van der Waals surface area contributed by atoms with Crippen LogP contribution in [0.2, 0.25) is 0 Å². The summed E-state index contributed by atoms with van der Waals surface area (Å²) >= 11 is 0. The van der Waals surface area contributed by atoms with E-state index in [9.17, 15) is 18.0 Å². The van der Waals surface area contributed by atoms with Gasteiger partial charge in [0.2, 0.25) is 29.1 Å². The zero-order valence-corrected chi connectivity index (χ0v) is 39.4. The lowest BCUT2D eigenvalue weighted by Crippen LogP contribution is -2.23. The monoisotopic (exact) mass is 962 g/mol. The van der Waals surface area contributed by atoms with Crippen LogP contribution in [-0.2, 0) is 34.1 Å². The molecule has 0 fully saturated rings. The Morgan fingerprint density at radius 2 is 1.16 bits per heavy atom. The van der Waals surface area contributed by atoms with Gasteiger partial charge in [0.15, 0.2) is 11.4 Å². The summed E-state index contributed by atoms with van der Waals surface area (Å²) in [5.74, 6) is 2.12. The van der Waals surface area contributed by atoms with Crippen molar-refractivity contribution in [2.24, 2.45) is 0 Å². The second-order valence-corrected chi connectivity index (χ2v) is 15.6. The Balaban J connectivity index is 0.000000214. The summed E-state index contributed by atoms with van der Waals surface area (Å²) in [6.45, 7) is 21.3. The fourth-order valence-corrected chi connectivity index (χ4v) is 5.91. The van der Waals surface area contributed by atoms with Crippen LogP contribution in [0.5, 0.6) is 40.6 Å². The van der Waals surface area contributed by atoms with Crippen molar-refractivity contribution in [2.75, 3.05) is 27.6 Å². The van der Waals surface area contributed by atoms with Gasteiger partial charge in [0, 0.05) is 16.7 Å². The number of methoxy groups -OCH3 is 3. The van der Waals surface area contributed by atoms with E-state index < -0.39 is 10.1 Å². The van der Waals surface area contributed by atoms with E-state index >= 15 is 0 Å². The van der Waals surface area contributed by atoms with Crippen molar-refractivity contribution >= 4 is 21.5 Å². The minimum atomic E-state index is -3.45. The number of aliphatic hydroxyl groups excluding tert-OH is 1. The molecule has 69 heavy (non-hydrogen) atoms. The highest BCUT2D eigenvalue weighted by Gasteiger charge is 2.15. The second kappa shape index (κ2) is 25.8. The number of aromatic nitrogens is 10. The number of H-pyrrole nitrogens is 1. The highest BCUT2D eigenvalue weighted by Crippen LogP contribution is 2.28. The van der Waals surface area contributed by atoms with Gasteiger partial charge in [-0.3, -0.25) is 18.3 Å². The fourth-order valence-electron chi connectivity index (χ4n) is 5.57. The van der Waals surface area contributed by atoms with Crippen LogP contribution >= 0.6 is 0 Å². The third kappa shape index (κ3) is 16.3. The Hall–Kier alpha value is -8.71. The molecule has 7 rings (SSSR count). The predicted octanol–water partition coefficient (Wildman–Crippen LogP) is 5.72. The molecule has 0 aliphatic carbocycles. The maximum atomic E-state index is 12.9. The summed E-state index contributed by atoms with van der Waals surface area (Å²) in [7, 11) is 0.954. The smallest absolute Gasteiger partial charge is 0.296 e. The highest BCUT2D eigenvalue weighted by atomic mass is 32.2. The molecule has 0 spiro atoms. The van der Waals surface area contributed by atoms with Crippen molar-refractivity contribution in [3.05, 3.63) is 169 Å². The number of benzene rings is 2. The lowest BCUT2D eigenvalue weighted by molar-refractivity contribution is 0.270. The van der Waals surface area contributed by atoms with E-state index in [4.69, 9.17) is 41.9 Å². The summed E-state index contributed by atoms with van der Waals surface area (Å²) in [4.78, 5) is 41.9. The molecule has 23 nitrogen and oxygen atoms in total. The number of nitrogens with one attached hydrogen (secondary N) is 1. The van der Waals surface area contributed by atoms with Gasteiger partial charge in [0.1, 0.15) is 11.5 Å². The number of aryl methyl sites for hydroxylation is 4. The molecule has 0 saturated heterocycles. The van der Waals surface area contributed by atoms with E-state index in [-0.39, 0.29) is 48.3 Å². The van der Waals surface area contributed by atoms with Crippen molar-refractivity contribution in [1.29, 1.82) is 0 Å². The molecular weight excluding hydrogens is 917 g/mol. The van der Waals surface area contributed by atoms with Crippen molar-refractivity contribution in [3.8, 4) is 40.6 Å². The SMILES string of the molecule is COc1nnccc1CO.COc1nnccc1COS(C)(=O)=O.[C-]#[N+]c1cc(C)cc(Oc2c(C)nc[nH]c2=O)c1.[C-]#[N+]c1cc(C)cc(Oc2c(C)ncn(Cc3ccnnc3OC)c2=O)c1. The zero-order valence-electron chi connectivity index (χ0n) is 38.6. The highest BCUT2D eigenvalue weighted by molar-refractivity contribution is 7.85. The molecule has 0 unspecified atom stereocenters. The molecule has 5 heterocycles. The number of hydrogen-bond acceptors (Lipinski definition) is 19. The first-order valence-electron chi connectivity index (χ1n) is 20.0. The van der Waals surface area contributed by atoms with Gasteiger partial charge in [-0.2, -0.15) is 23.7 Å². The van der Waals surface area contributed by atoms with E-state index in [1.807, 2.05) is 13.8 Å². The molecule has 2 N–H and O–H groups in total. The van der Waals surface area contributed by atoms with Crippen molar-refractivity contribution in [3.63, 3.8) is 0 Å². The Morgan fingerprint density at radius 1 is 0.681 bits per heavy atom. The number of aromatic amines is 1. The zero-order chi connectivity index (χ0) is 50.5. The van der Waals surface area contributed by atoms with Crippen LogP contribution in [0.4, 0.5) is 11.4 Å². The third-order valence-electron chi connectivity index (χ3n) is 8.75. The minimum Gasteiger partial charge on any atom is -0.480 e. The summed E-state index contributed by atoms with van der Waals surface area (Å²) < 4.78 is 53.6.